The number of hydrogen-bond donors (Lipinski definition) is 0. The number of hydrogen-bond acceptors (Lipinski definition) is 3. The van der Waals surface area contributed by atoms with Gasteiger partial charge in [0.25, 0.3) is 0 Å². The maximum atomic E-state index is 14.0. The van der Waals surface area contributed by atoms with Crippen LogP contribution in [0.3, 0.4) is 0 Å². The second-order valence-electron chi connectivity index (χ2n) is 9.48. The van der Waals surface area contributed by atoms with Crippen LogP contribution < -0.4 is 0 Å². The molecule has 2 fully saturated rings. The second kappa shape index (κ2) is 5.52. The first-order valence-electron chi connectivity index (χ1n) is 10.5. The molecule has 5 rings (SSSR count). The van der Waals surface area contributed by atoms with Crippen molar-refractivity contribution >= 4 is 16.9 Å². The number of benzene rings is 1. The lowest BCUT2D eigenvalue weighted by molar-refractivity contribution is -0.141. The Morgan fingerprint density at radius 1 is 0.889 bits per heavy atom. The van der Waals surface area contributed by atoms with Crippen molar-refractivity contribution in [1.82, 2.24) is 14.9 Å². The smallest absolute Gasteiger partial charge is 0.235 e. The highest BCUT2D eigenvalue weighted by atomic mass is 16.2. The van der Waals surface area contributed by atoms with E-state index in [0.717, 1.165) is 61.2 Å². The predicted octanol–water partition coefficient (Wildman–Crippen LogP) is 4.36. The average molecular weight is 364 g/mol. The van der Waals surface area contributed by atoms with Crippen LogP contribution in [0.2, 0.25) is 0 Å². The Balaban J connectivity index is 1.72. The van der Waals surface area contributed by atoms with E-state index in [9.17, 15) is 4.79 Å². The van der Waals surface area contributed by atoms with Gasteiger partial charge in [-0.15, -0.1) is 0 Å². The highest BCUT2D eigenvalue weighted by Gasteiger charge is 2.73. The molecule has 2 bridgehead atoms. The van der Waals surface area contributed by atoms with Gasteiger partial charge in [0.2, 0.25) is 5.91 Å². The Hall–Kier alpha value is -1.97. The van der Waals surface area contributed by atoms with E-state index in [1.165, 1.54) is 12.8 Å². The summed E-state index contributed by atoms with van der Waals surface area (Å²) in [5.41, 5.74) is 3.09. The summed E-state index contributed by atoms with van der Waals surface area (Å²) in [7, 11) is 0. The van der Waals surface area contributed by atoms with Crippen molar-refractivity contribution in [3.8, 4) is 0 Å². The molecule has 142 valence electrons. The van der Waals surface area contributed by atoms with E-state index in [1.54, 1.807) is 0 Å². The van der Waals surface area contributed by atoms with E-state index >= 15 is 0 Å². The van der Waals surface area contributed by atoms with E-state index in [1.807, 2.05) is 24.3 Å². The van der Waals surface area contributed by atoms with Gasteiger partial charge in [0.15, 0.2) is 0 Å². The third-order valence-electron chi connectivity index (χ3n) is 8.20. The molecule has 2 aromatic rings. The van der Waals surface area contributed by atoms with Gasteiger partial charge in [-0.1, -0.05) is 45.7 Å². The summed E-state index contributed by atoms with van der Waals surface area (Å²) in [6.07, 6.45) is 6.62. The Morgan fingerprint density at radius 3 is 2.11 bits per heavy atom. The van der Waals surface area contributed by atoms with Gasteiger partial charge < -0.3 is 4.90 Å². The van der Waals surface area contributed by atoms with Crippen molar-refractivity contribution in [1.29, 1.82) is 0 Å². The van der Waals surface area contributed by atoms with Gasteiger partial charge in [0.1, 0.15) is 0 Å². The molecule has 2 aliphatic carbocycles. The number of para-hydroxylation sites is 2. The van der Waals surface area contributed by atoms with E-state index in [0.29, 0.717) is 5.91 Å². The highest BCUT2D eigenvalue weighted by Crippen LogP contribution is 2.70. The number of rotatable bonds is 1. The molecular formula is C23H29N3O. The lowest BCUT2D eigenvalue weighted by atomic mass is 9.63. The monoisotopic (exact) mass is 363 g/mol. The summed E-state index contributed by atoms with van der Waals surface area (Å²) >= 11 is 0. The molecule has 2 atom stereocenters. The first-order valence-corrected chi connectivity index (χ1v) is 10.5. The molecular weight excluding hydrogens is 334 g/mol. The van der Waals surface area contributed by atoms with Crippen LogP contribution in [0.4, 0.5) is 0 Å². The van der Waals surface area contributed by atoms with Crippen molar-refractivity contribution in [2.45, 2.75) is 70.1 Å². The van der Waals surface area contributed by atoms with Gasteiger partial charge in [-0.2, -0.15) is 0 Å². The van der Waals surface area contributed by atoms with Crippen LogP contribution in [0, 0.1) is 5.41 Å². The fourth-order valence-electron chi connectivity index (χ4n) is 6.06. The minimum atomic E-state index is -0.529. The summed E-state index contributed by atoms with van der Waals surface area (Å²) < 4.78 is 0. The Kier molecular flexibility index (Phi) is 3.51. The zero-order chi connectivity index (χ0) is 18.9. The zero-order valence-corrected chi connectivity index (χ0v) is 16.7. The van der Waals surface area contributed by atoms with Gasteiger partial charge >= 0.3 is 0 Å². The summed E-state index contributed by atoms with van der Waals surface area (Å²) in [6, 6.07) is 8.08. The molecule has 27 heavy (non-hydrogen) atoms. The Morgan fingerprint density at radius 2 is 1.48 bits per heavy atom. The molecule has 3 aliphatic rings. The maximum Gasteiger partial charge on any atom is 0.235 e. The SMILES string of the molecule is CC12CCC(C(=O)N3CCCCCC3)(c3nc4ccccc4nc31)C2(C)C. The molecule has 0 spiro atoms. The lowest BCUT2D eigenvalue weighted by Gasteiger charge is -2.42. The molecule has 2 heterocycles. The lowest BCUT2D eigenvalue weighted by Crippen LogP contribution is -2.53. The number of nitrogens with zero attached hydrogens (tertiary/aromatic N) is 3. The van der Waals surface area contributed by atoms with Crippen molar-refractivity contribution in [3.05, 3.63) is 35.7 Å². The number of carbonyl (C=O) groups is 1. The zero-order valence-electron chi connectivity index (χ0n) is 16.7. The van der Waals surface area contributed by atoms with E-state index in [-0.39, 0.29) is 10.8 Å². The summed E-state index contributed by atoms with van der Waals surface area (Å²) in [5.74, 6) is 0.307. The normalized spacial score (nSPS) is 31.7. The van der Waals surface area contributed by atoms with Crippen LogP contribution in [0.15, 0.2) is 24.3 Å². The number of likely N-dealkylation sites (tertiary alicyclic amines) is 1. The van der Waals surface area contributed by atoms with Crippen molar-refractivity contribution in [2.24, 2.45) is 5.41 Å². The van der Waals surface area contributed by atoms with E-state index < -0.39 is 5.41 Å². The highest BCUT2D eigenvalue weighted by molar-refractivity contribution is 5.93. The maximum absolute atomic E-state index is 14.0. The fourth-order valence-corrected chi connectivity index (χ4v) is 6.06. The molecule has 4 nitrogen and oxygen atoms in total. The van der Waals surface area contributed by atoms with Crippen LogP contribution in [0.1, 0.15) is 70.7 Å². The molecule has 1 aliphatic heterocycles. The van der Waals surface area contributed by atoms with Crippen LogP contribution in [-0.4, -0.2) is 33.9 Å². The summed E-state index contributed by atoms with van der Waals surface area (Å²) in [6.45, 7) is 8.65. The molecule has 4 heteroatoms. The van der Waals surface area contributed by atoms with Gasteiger partial charge in [-0.05, 0) is 43.2 Å². The van der Waals surface area contributed by atoms with Crippen molar-refractivity contribution in [2.75, 3.05) is 13.1 Å². The molecule has 1 saturated carbocycles. The van der Waals surface area contributed by atoms with Gasteiger partial charge in [-0.3, -0.25) is 4.79 Å². The minimum Gasteiger partial charge on any atom is -0.342 e. The van der Waals surface area contributed by atoms with Crippen LogP contribution in [0.5, 0.6) is 0 Å². The van der Waals surface area contributed by atoms with Crippen molar-refractivity contribution < 1.29 is 4.79 Å². The number of carbonyl (C=O) groups excluding carboxylic acids is 1. The van der Waals surface area contributed by atoms with Crippen LogP contribution in [-0.2, 0) is 15.6 Å². The number of amides is 1. The molecule has 1 aromatic heterocycles. The van der Waals surface area contributed by atoms with Crippen LogP contribution >= 0.6 is 0 Å². The molecule has 1 saturated heterocycles. The van der Waals surface area contributed by atoms with E-state index in [4.69, 9.17) is 9.97 Å². The number of aromatic nitrogens is 2. The Bertz CT molecular complexity index is 928. The van der Waals surface area contributed by atoms with Crippen molar-refractivity contribution in [3.63, 3.8) is 0 Å². The molecule has 0 N–H and O–H groups in total. The molecule has 2 unspecified atom stereocenters. The fraction of sp³-hybridized carbons (Fsp3) is 0.609. The second-order valence-corrected chi connectivity index (χ2v) is 9.48. The first kappa shape index (κ1) is 17.2. The van der Waals surface area contributed by atoms with E-state index in [2.05, 4.69) is 25.7 Å². The molecule has 1 aromatic carbocycles. The third-order valence-corrected chi connectivity index (χ3v) is 8.20. The van der Waals surface area contributed by atoms with Gasteiger partial charge in [0, 0.05) is 18.5 Å². The Labute approximate surface area is 161 Å². The molecule has 0 radical (unpaired) electrons. The summed E-state index contributed by atoms with van der Waals surface area (Å²) in [5, 5.41) is 0. The quantitative estimate of drug-likeness (QED) is 0.756. The summed E-state index contributed by atoms with van der Waals surface area (Å²) in [4.78, 5) is 26.3. The largest absolute Gasteiger partial charge is 0.342 e. The average Bonchev–Trinajstić information content (AvgIpc) is 2.88. The topological polar surface area (TPSA) is 46.1 Å². The number of fused-ring (bicyclic) bond motifs is 6. The third kappa shape index (κ3) is 1.97. The standard InChI is InChI=1S/C23H29N3O/c1-21(2)22(3)12-13-23(21,20(27)26-14-8-4-5-9-15-26)19-18(22)24-16-10-6-7-11-17(16)25-19/h6-7,10-11H,4-5,8-9,12-15H2,1-3H3. The minimum absolute atomic E-state index is 0.0964. The molecule has 1 amide bonds. The van der Waals surface area contributed by atoms with Gasteiger partial charge in [0.05, 0.1) is 27.8 Å². The van der Waals surface area contributed by atoms with Crippen LogP contribution in [0.25, 0.3) is 11.0 Å². The van der Waals surface area contributed by atoms with Gasteiger partial charge in [-0.25, -0.2) is 9.97 Å². The first-order chi connectivity index (χ1) is 12.9. The predicted molar refractivity (Wildman–Crippen MR) is 107 cm³/mol.